The van der Waals surface area contributed by atoms with Crippen LogP contribution in [0.15, 0.2) is 4.52 Å². The maximum absolute atomic E-state index is 5.39. The third kappa shape index (κ3) is 2.35. The number of nitrogens with zero attached hydrogens (tertiary/aromatic N) is 2. The first-order valence-corrected chi connectivity index (χ1v) is 5.14. The van der Waals surface area contributed by atoms with Crippen LogP contribution in [0.3, 0.4) is 0 Å². The number of hydrogen-bond donors (Lipinski definition) is 1. The lowest BCUT2D eigenvalue weighted by atomic mass is 10.0. The van der Waals surface area contributed by atoms with Gasteiger partial charge in [-0.25, -0.2) is 0 Å². The van der Waals surface area contributed by atoms with Crippen molar-refractivity contribution in [2.45, 2.75) is 38.8 Å². The second kappa shape index (κ2) is 4.72. The summed E-state index contributed by atoms with van der Waals surface area (Å²) in [7, 11) is 3.50. The van der Waals surface area contributed by atoms with E-state index in [1.165, 1.54) is 0 Å². The second-order valence-electron chi connectivity index (χ2n) is 3.76. The quantitative estimate of drug-likeness (QED) is 0.805. The molecule has 5 heteroatoms. The van der Waals surface area contributed by atoms with Gasteiger partial charge in [-0.2, -0.15) is 4.98 Å². The normalized spacial score (nSPS) is 17.4. The maximum Gasteiger partial charge on any atom is 0.243 e. The van der Waals surface area contributed by atoms with E-state index in [0.29, 0.717) is 11.7 Å². The van der Waals surface area contributed by atoms with E-state index in [0.717, 1.165) is 6.42 Å². The predicted molar refractivity (Wildman–Crippen MR) is 56.4 cm³/mol. The Kier molecular flexibility index (Phi) is 3.82. The van der Waals surface area contributed by atoms with Gasteiger partial charge in [0.15, 0.2) is 0 Å². The molecular formula is C10H19N3O2. The largest absolute Gasteiger partial charge is 0.370 e. The molecule has 0 aliphatic rings. The molecule has 0 aliphatic carbocycles. The van der Waals surface area contributed by atoms with Crippen LogP contribution in [-0.4, -0.2) is 24.3 Å². The molecule has 0 radical (unpaired) electrons. The molecule has 1 rings (SSSR count). The van der Waals surface area contributed by atoms with Crippen LogP contribution < -0.4 is 5.32 Å². The van der Waals surface area contributed by atoms with E-state index in [9.17, 15) is 0 Å². The lowest BCUT2D eigenvalue weighted by Crippen LogP contribution is -2.25. The molecule has 1 aromatic heterocycles. The van der Waals surface area contributed by atoms with Crippen LogP contribution >= 0.6 is 0 Å². The minimum absolute atomic E-state index is 0.0595. The van der Waals surface area contributed by atoms with Crippen LogP contribution in [-0.2, 0) is 10.3 Å². The first kappa shape index (κ1) is 12.1. The summed E-state index contributed by atoms with van der Waals surface area (Å²) in [6.45, 7) is 5.94. The molecule has 2 atom stereocenters. The minimum Gasteiger partial charge on any atom is -0.370 e. The van der Waals surface area contributed by atoms with Crippen LogP contribution in [0.2, 0.25) is 0 Å². The molecule has 86 valence electrons. The van der Waals surface area contributed by atoms with Gasteiger partial charge in [0.25, 0.3) is 0 Å². The van der Waals surface area contributed by atoms with Crippen molar-refractivity contribution in [2.75, 3.05) is 14.2 Å². The summed E-state index contributed by atoms with van der Waals surface area (Å²) in [5, 5.41) is 6.99. The molecule has 0 fully saturated rings. The van der Waals surface area contributed by atoms with Gasteiger partial charge < -0.3 is 14.6 Å². The fraction of sp³-hybridized carbons (Fsp3) is 0.800. The Hall–Kier alpha value is -0.940. The van der Waals surface area contributed by atoms with Crippen molar-refractivity contribution >= 4 is 0 Å². The van der Waals surface area contributed by atoms with E-state index in [-0.39, 0.29) is 6.04 Å². The highest BCUT2D eigenvalue weighted by Gasteiger charge is 2.30. The maximum atomic E-state index is 5.39. The van der Waals surface area contributed by atoms with Crippen LogP contribution in [0.4, 0.5) is 0 Å². The number of rotatable bonds is 5. The zero-order valence-electron chi connectivity index (χ0n) is 10.00. The Balaban J connectivity index is 2.92. The fourth-order valence-corrected chi connectivity index (χ4v) is 1.14. The number of aromatic nitrogens is 2. The molecule has 2 unspecified atom stereocenters. The summed E-state index contributed by atoms with van der Waals surface area (Å²) in [5.74, 6) is 1.19. The topological polar surface area (TPSA) is 60.2 Å². The molecule has 1 N–H and O–H groups in total. The van der Waals surface area contributed by atoms with E-state index in [1.54, 1.807) is 7.11 Å². The molecule has 5 nitrogen and oxygen atoms in total. The zero-order chi connectivity index (χ0) is 11.5. The van der Waals surface area contributed by atoms with Gasteiger partial charge in [0.2, 0.25) is 11.7 Å². The monoisotopic (exact) mass is 213 g/mol. The summed E-state index contributed by atoms with van der Waals surface area (Å²) in [6, 6.07) is 0.0595. The first-order chi connectivity index (χ1) is 7.07. The summed E-state index contributed by atoms with van der Waals surface area (Å²) in [4.78, 5) is 4.33. The van der Waals surface area contributed by atoms with Gasteiger partial charge in [0.1, 0.15) is 5.60 Å². The standard InChI is InChI=1S/C10H19N3O2/c1-6-10(3,14-5)9-12-8(15-13-9)7(2)11-4/h7,11H,6H2,1-5H3. The highest BCUT2D eigenvalue weighted by molar-refractivity contribution is 5.00. The van der Waals surface area contributed by atoms with E-state index in [2.05, 4.69) is 15.5 Å². The van der Waals surface area contributed by atoms with Crippen molar-refractivity contribution in [3.05, 3.63) is 11.7 Å². The summed E-state index contributed by atoms with van der Waals surface area (Å²) < 4.78 is 10.6. The first-order valence-electron chi connectivity index (χ1n) is 5.14. The molecule has 0 bridgehead atoms. The van der Waals surface area contributed by atoms with Crippen LogP contribution in [0, 0.1) is 0 Å². The number of methoxy groups -OCH3 is 1. The van der Waals surface area contributed by atoms with Gasteiger partial charge in [0, 0.05) is 7.11 Å². The number of nitrogens with one attached hydrogen (secondary N) is 1. The average Bonchev–Trinajstić information content (AvgIpc) is 2.76. The van der Waals surface area contributed by atoms with Gasteiger partial charge in [-0.05, 0) is 27.3 Å². The van der Waals surface area contributed by atoms with Crippen molar-refractivity contribution in [3.8, 4) is 0 Å². The van der Waals surface area contributed by atoms with Crippen molar-refractivity contribution in [1.82, 2.24) is 15.5 Å². The minimum atomic E-state index is -0.463. The summed E-state index contributed by atoms with van der Waals surface area (Å²) >= 11 is 0. The second-order valence-corrected chi connectivity index (χ2v) is 3.76. The molecule has 0 saturated carbocycles. The molecule has 0 saturated heterocycles. The van der Waals surface area contributed by atoms with E-state index >= 15 is 0 Å². The van der Waals surface area contributed by atoms with Crippen molar-refractivity contribution < 1.29 is 9.26 Å². The Labute approximate surface area is 90.2 Å². The highest BCUT2D eigenvalue weighted by Crippen LogP contribution is 2.26. The number of hydrogen-bond acceptors (Lipinski definition) is 5. The van der Waals surface area contributed by atoms with E-state index in [1.807, 2.05) is 27.8 Å². The smallest absolute Gasteiger partial charge is 0.243 e. The Morgan fingerprint density at radius 2 is 2.27 bits per heavy atom. The number of ether oxygens (including phenoxy) is 1. The predicted octanol–water partition coefficient (Wildman–Crippen LogP) is 1.62. The van der Waals surface area contributed by atoms with Crippen molar-refractivity contribution in [1.29, 1.82) is 0 Å². The molecule has 0 aromatic carbocycles. The molecule has 1 aromatic rings. The van der Waals surface area contributed by atoms with Gasteiger partial charge in [0.05, 0.1) is 6.04 Å². The highest BCUT2D eigenvalue weighted by atomic mass is 16.5. The van der Waals surface area contributed by atoms with Crippen molar-refractivity contribution in [2.24, 2.45) is 0 Å². The van der Waals surface area contributed by atoms with Crippen molar-refractivity contribution in [3.63, 3.8) is 0 Å². The van der Waals surface area contributed by atoms with Gasteiger partial charge in [-0.15, -0.1) is 0 Å². The van der Waals surface area contributed by atoms with Crippen LogP contribution in [0.5, 0.6) is 0 Å². The molecule has 0 aliphatic heterocycles. The lowest BCUT2D eigenvalue weighted by molar-refractivity contribution is -0.0106. The third-order valence-corrected chi connectivity index (χ3v) is 2.84. The zero-order valence-corrected chi connectivity index (χ0v) is 10.00. The van der Waals surface area contributed by atoms with E-state index in [4.69, 9.17) is 9.26 Å². The van der Waals surface area contributed by atoms with Gasteiger partial charge in [-0.3, -0.25) is 0 Å². The Bertz CT molecular complexity index is 307. The summed E-state index contributed by atoms with van der Waals surface area (Å²) in [5.41, 5.74) is -0.463. The van der Waals surface area contributed by atoms with Gasteiger partial charge in [-0.1, -0.05) is 12.1 Å². The van der Waals surface area contributed by atoms with Crippen LogP contribution in [0.25, 0.3) is 0 Å². The molecule has 1 heterocycles. The summed E-state index contributed by atoms with van der Waals surface area (Å²) in [6.07, 6.45) is 0.802. The third-order valence-electron chi connectivity index (χ3n) is 2.84. The molecule has 15 heavy (non-hydrogen) atoms. The van der Waals surface area contributed by atoms with E-state index < -0.39 is 5.60 Å². The Morgan fingerprint density at radius 3 is 2.73 bits per heavy atom. The average molecular weight is 213 g/mol. The van der Waals surface area contributed by atoms with Crippen LogP contribution in [0.1, 0.15) is 44.9 Å². The SMILES string of the molecule is CCC(C)(OC)c1noc(C(C)NC)n1. The molecule has 0 amide bonds. The molecular weight excluding hydrogens is 194 g/mol. The Morgan fingerprint density at radius 1 is 1.60 bits per heavy atom. The lowest BCUT2D eigenvalue weighted by Gasteiger charge is -2.21. The molecule has 0 spiro atoms. The fourth-order valence-electron chi connectivity index (χ4n) is 1.14. The van der Waals surface area contributed by atoms with Gasteiger partial charge >= 0.3 is 0 Å².